The molecule has 126 valence electrons. The Balaban J connectivity index is 1.73. The summed E-state index contributed by atoms with van der Waals surface area (Å²) in [5, 5.41) is 7.92. The molecule has 0 fully saturated rings. The van der Waals surface area contributed by atoms with Gasteiger partial charge in [-0.2, -0.15) is 0 Å². The average molecular weight is 334 g/mol. The molecule has 2 N–H and O–H groups in total. The number of hydrogen-bond donors (Lipinski definition) is 2. The number of aromatic nitrogens is 1. The van der Waals surface area contributed by atoms with Crippen molar-refractivity contribution >= 4 is 17.3 Å². The molecular weight excluding hydrogens is 308 g/mol. The van der Waals surface area contributed by atoms with E-state index in [1.807, 2.05) is 18.3 Å². The van der Waals surface area contributed by atoms with Gasteiger partial charge in [-0.25, -0.2) is 4.98 Å². The zero-order valence-electron chi connectivity index (χ0n) is 14.0. The predicted octanol–water partition coefficient (Wildman–Crippen LogP) is 3.03. The van der Waals surface area contributed by atoms with Crippen LogP contribution in [0.15, 0.2) is 34.0 Å². The van der Waals surface area contributed by atoms with Crippen molar-refractivity contribution in [1.29, 1.82) is 0 Å². The molecule has 0 unspecified atom stereocenters. The first-order valence-corrected chi connectivity index (χ1v) is 9.11. The maximum absolute atomic E-state index is 5.34. The normalized spacial score (nSPS) is 11.7. The molecule has 0 atom stereocenters. The molecule has 0 spiro atoms. The van der Waals surface area contributed by atoms with Crippen LogP contribution in [-0.2, 0) is 19.3 Å². The Kier molecular flexibility index (Phi) is 7.66. The number of nitrogens with zero attached hydrogens (tertiary/aromatic N) is 2. The molecule has 2 aromatic heterocycles. The van der Waals surface area contributed by atoms with Crippen molar-refractivity contribution in [3.05, 3.63) is 40.2 Å². The van der Waals surface area contributed by atoms with Gasteiger partial charge in [0.25, 0.3) is 0 Å². The minimum atomic E-state index is 0.806. The minimum absolute atomic E-state index is 0.806. The van der Waals surface area contributed by atoms with Gasteiger partial charge in [-0.15, -0.1) is 11.3 Å². The van der Waals surface area contributed by atoms with Crippen molar-refractivity contribution < 1.29 is 4.42 Å². The zero-order chi connectivity index (χ0) is 16.3. The van der Waals surface area contributed by atoms with Crippen LogP contribution in [0.4, 0.5) is 0 Å². The van der Waals surface area contributed by atoms with Gasteiger partial charge >= 0.3 is 0 Å². The molecular formula is C17H26N4OS. The smallest absolute Gasteiger partial charge is 0.191 e. The lowest BCUT2D eigenvalue weighted by Crippen LogP contribution is -2.39. The number of hydrogen-bond acceptors (Lipinski definition) is 4. The molecule has 0 saturated heterocycles. The van der Waals surface area contributed by atoms with Gasteiger partial charge in [-0.1, -0.05) is 13.8 Å². The van der Waals surface area contributed by atoms with E-state index in [0.29, 0.717) is 0 Å². The molecule has 0 aliphatic carbocycles. The predicted molar refractivity (Wildman–Crippen MR) is 96.2 cm³/mol. The fourth-order valence-electron chi connectivity index (χ4n) is 2.07. The van der Waals surface area contributed by atoms with Gasteiger partial charge in [0.2, 0.25) is 0 Å². The Morgan fingerprint density at radius 2 is 2.09 bits per heavy atom. The lowest BCUT2D eigenvalue weighted by atomic mass is 10.3. The third kappa shape index (κ3) is 6.44. The molecule has 0 aliphatic rings. The minimum Gasteiger partial charge on any atom is -0.469 e. The first-order valence-electron chi connectivity index (χ1n) is 8.30. The van der Waals surface area contributed by atoms with Crippen LogP contribution >= 0.6 is 11.3 Å². The van der Waals surface area contributed by atoms with Crippen LogP contribution in [0, 0.1) is 0 Å². The van der Waals surface area contributed by atoms with Gasteiger partial charge in [-0.3, -0.25) is 4.99 Å². The number of rotatable bonds is 9. The Hall–Kier alpha value is -1.82. The highest BCUT2D eigenvalue weighted by Gasteiger charge is 2.03. The maximum Gasteiger partial charge on any atom is 0.191 e. The van der Waals surface area contributed by atoms with E-state index in [1.165, 1.54) is 9.88 Å². The Bertz CT molecular complexity index is 577. The molecule has 0 aliphatic heterocycles. The Labute approximate surface area is 142 Å². The van der Waals surface area contributed by atoms with Gasteiger partial charge in [0.05, 0.1) is 11.3 Å². The van der Waals surface area contributed by atoms with Gasteiger partial charge in [-0.05, 0) is 25.0 Å². The Morgan fingerprint density at radius 3 is 2.74 bits per heavy atom. The summed E-state index contributed by atoms with van der Waals surface area (Å²) in [5.74, 6) is 1.85. The molecule has 5 nitrogen and oxygen atoms in total. The van der Waals surface area contributed by atoms with Crippen molar-refractivity contribution in [2.45, 2.75) is 39.5 Å². The summed E-state index contributed by atoms with van der Waals surface area (Å²) in [6.45, 7) is 6.76. The second-order valence-corrected chi connectivity index (χ2v) is 6.44. The topological polar surface area (TPSA) is 62.5 Å². The van der Waals surface area contributed by atoms with E-state index in [2.05, 4.69) is 34.5 Å². The summed E-state index contributed by atoms with van der Waals surface area (Å²) in [5.41, 5.74) is 0. The highest BCUT2D eigenvalue weighted by Crippen LogP contribution is 2.13. The van der Waals surface area contributed by atoms with Crippen LogP contribution in [0.3, 0.4) is 0 Å². The van der Waals surface area contributed by atoms with Crippen molar-refractivity contribution in [2.75, 3.05) is 19.6 Å². The largest absolute Gasteiger partial charge is 0.469 e. The van der Waals surface area contributed by atoms with Gasteiger partial charge < -0.3 is 15.1 Å². The quantitative estimate of drug-likeness (QED) is 0.546. The molecule has 0 aromatic carbocycles. The van der Waals surface area contributed by atoms with Crippen molar-refractivity contribution in [2.24, 2.45) is 4.99 Å². The summed E-state index contributed by atoms with van der Waals surface area (Å²) in [7, 11) is 0. The molecule has 2 rings (SSSR count). The van der Waals surface area contributed by atoms with Crippen LogP contribution < -0.4 is 10.6 Å². The number of nitrogens with one attached hydrogen (secondary N) is 2. The van der Waals surface area contributed by atoms with Gasteiger partial charge in [0, 0.05) is 43.5 Å². The highest BCUT2D eigenvalue weighted by atomic mass is 32.1. The standard InChI is InChI=1S/C17H26N4OS/c1-3-9-18-17(19-10-7-14-6-5-12-22-14)20-11-8-16-21-13-15(4-2)23-16/h5-6,12-13H,3-4,7-11H2,1-2H3,(H2,18,19,20). The van der Waals surface area contributed by atoms with E-state index >= 15 is 0 Å². The number of guanidine groups is 1. The number of furan rings is 1. The summed E-state index contributed by atoms with van der Waals surface area (Å²) < 4.78 is 5.34. The second-order valence-electron chi connectivity index (χ2n) is 5.24. The fourth-order valence-corrected chi connectivity index (χ4v) is 2.93. The first-order chi connectivity index (χ1) is 11.3. The summed E-state index contributed by atoms with van der Waals surface area (Å²) in [4.78, 5) is 10.4. The van der Waals surface area contributed by atoms with Crippen molar-refractivity contribution in [3.8, 4) is 0 Å². The van der Waals surface area contributed by atoms with Crippen LogP contribution in [0.2, 0.25) is 0 Å². The van der Waals surface area contributed by atoms with E-state index in [4.69, 9.17) is 4.42 Å². The Morgan fingerprint density at radius 1 is 1.26 bits per heavy atom. The monoisotopic (exact) mass is 334 g/mol. The third-order valence-electron chi connectivity index (χ3n) is 3.32. The third-order valence-corrected chi connectivity index (χ3v) is 4.52. The van der Waals surface area contributed by atoms with E-state index in [9.17, 15) is 0 Å². The van der Waals surface area contributed by atoms with Crippen molar-refractivity contribution in [1.82, 2.24) is 15.6 Å². The SMILES string of the molecule is CCCN=C(NCCc1ccco1)NCCc1ncc(CC)s1. The molecule has 0 amide bonds. The van der Waals surface area contributed by atoms with Crippen LogP contribution in [0.25, 0.3) is 0 Å². The fraction of sp³-hybridized carbons (Fsp3) is 0.529. The number of aliphatic imine (C=N–C) groups is 1. The van der Waals surface area contributed by atoms with E-state index < -0.39 is 0 Å². The van der Waals surface area contributed by atoms with E-state index in [-0.39, 0.29) is 0 Å². The average Bonchev–Trinajstić information content (AvgIpc) is 3.23. The summed E-state index contributed by atoms with van der Waals surface area (Å²) in [6, 6.07) is 3.91. The van der Waals surface area contributed by atoms with Gasteiger partial charge in [0.1, 0.15) is 5.76 Å². The molecule has 2 heterocycles. The van der Waals surface area contributed by atoms with Gasteiger partial charge in [0.15, 0.2) is 5.96 Å². The highest BCUT2D eigenvalue weighted by molar-refractivity contribution is 7.11. The summed E-state index contributed by atoms with van der Waals surface area (Å²) >= 11 is 1.79. The molecule has 2 aromatic rings. The summed E-state index contributed by atoms with van der Waals surface area (Å²) in [6.07, 6.45) is 7.56. The number of aryl methyl sites for hydroxylation is 1. The van der Waals surface area contributed by atoms with E-state index in [0.717, 1.165) is 57.0 Å². The van der Waals surface area contributed by atoms with Crippen LogP contribution in [0.5, 0.6) is 0 Å². The molecule has 23 heavy (non-hydrogen) atoms. The lowest BCUT2D eigenvalue weighted by molar-refractivity contribution is 0.506. The van der Waals surface area contributed by atoms with E-state index in [1.54, 1.807) is 17.6 Å². The van der Waals surface area contributed by atoms with Crippen molar-refractivity contribution in [3.63, 3.8) is 0 Å². The molecule has 0 bridgehead atoms. The number of thiazole rings is 1. The molecule has 0 saturated carbocycles. The zero-order valence-corrected chi connectivity index (χ0v) is 14.8. The molecule has 0 radical (unpaired) electrons. The van der Waals surface area contributed by atoms with Crippen LogP contribution in [-0.4, -0.2) is 30.6 Å². The first kappa shape index (κ1) is 17.5. The molecule has 6 heteroatoms. The van der Waals surface area contributed by atoms with Crippen LogP contribution in [0.1, 0.15) is 35.9 Å². The lowest BCUT2D eigenvalue weighted by Gasteiger charge is -2.11. The second kappa shape index (κ2) is 10.0. The maximum atomic E-state index is 5.34.